The molecule has 0 fully saturated rings. The summed E-state index contributed by atoms with van der Waals surface area (Å²) < 4.78 is 2.15. The first kappa shape index (κ1) is 11.7. The van der Waals surface area contributed by atoms with Crippen molar-refractivity contribution in [2.45, 2.75) is 13.1 Å². The van der Waals surface area contributed by atoms with Gasteiger partial charge in [-0.05, 0) is 17.7 Å². The molecule has 2 N–H and O–H groups in total. The van der Waals surface area contributed by atoms with Gasteiger partial charge in [-0.15, -0.1) is 11.3 Å². The Morgan fingerprint density at radius 2 is 2.28 bits per heavy atom. The molecule has 18 heavy (non-hydrogen) atoms. The Labute approximate surface area is 114 Å². The first-order chi connectivity index (χ1) is 8.78. The van der Waals surface area contributed by atoms with Crippen LogP contribution in [0.15, 0.2) is 35.3 Å². The van der Waals surface area contributed by atoms with Crippen molar-refractivity contribution in [3.05, 3.63) is 51.6 Å². The van der Waals surface area contributed by atoms with E-state index in [1.165, 1.54) is 0 Å². The zero-order valence-electron chi connectivity index (χ0n) is 9.64. The van der Waals surface area contributed by atoms with Crippen molar-refractivity contribution >= 4 is 33.8 Å². The smallest absolute Gasteiger partial charge is 0.0795 e. The predicted octanol–water partition coefficient (Wildman–Crippen LogP) is 3.26. The topological polar surface area (TPSA) is 43.8 Å². The summed E-state index contributed by atoms with van der Waals surface area (Å²) in [5, 5.41) is 3.96. The van der Waals surface area contributed by atoms with Crippen LogP contribution in [-0.4, -0.2) is 9.55 Å². The van der Waals surface area contributed by atoms with E-state index in [9.17, 15) is 0 Å². The highest BCUT2D eigenvalue weighted by atomic mass is 35.5. The summed E-state index contributed by atoms with van der Waals surface area (Å²) in [4.78, 5) is 4.31. The van der Waals surface area contributed by atoms with Crippen LogP contribution in [0.4, 0.5) is 0 Å². The minimum Gasteiger partial charge on any atom is -0.341 e. The number of benzene rings is 1. The maximum absolute atomic E-state index is 6.07. The highest BCUT2D eigenvalue weighted by Gasteiger charge is 2.09. The lowest BCUT2D eigenvalue weighted by molar-refractivity contribution is 0.808. The van der Waals surface area contributed by atoms with E-state index in [-0.39, 0.29) is 0 Å². The van der Waals surface area contributed by atoms with Gasteiger partial charge in [-0.25, -0.2) is 4.98 Å². The third-order valence-electron chi connectivity index (χ3n) is 2.96. The largest absolute Gasteiger partial charge is 0.341 e. The van der Waals surface area contributed by atoms with Crippen molar-refractivity contribution in [1.29, 1.82) is 0 Å². The van der Waals surface area contributed by atoms with Crippen molar-refractivity contribution < 1.29 is 0 Å². The standard InChI is InChI=1S/C13H12ClN3S/c14-10-1-2-12-9(4-15)5-17(13(12)3-10)6-11-7-18-8-16-11/h1-3,5,7-8H,4,6,15H2. The van der Waals surface area contributed by atoms with Crippen LogP contribution in [-0.2, 0) is 13.1 Å². The van der Waals surface area contributed by atoms with Crippen LogP contribution in [0.1, 0.15) is 11.3 Å². The van der Waals surface area contributed by atoms with Crippen molar-refractivity contribution in [2.24, 2.45) is 5.73 Å². The molecule has 0 atom stereocenters. The Morgan fingerprint density at radius 3 is 3.00 bits per heavy atom. The van der Waals surface area contributed by atoms with Crippen LogP contribution < -0.4 is 5.73 Å². The third kappa shape index (κ3) is 2.03. The Morgan fingerprint density at radius 1 is 1.39 bits per heavy atom. The normalized spacial score (nSPS) is 11.2. The zero-order valence-corrected chi connectivity index (χ0v) is 11.2. The molecule has 0 saturated carbocycles. The van der Waals surface area contributed by atoms with Gasteiger partial charge in [0, 0.05) is 28.5 Å². The zero-order chi connectivity index (χ0) is 12.5. The maximum Gasteiger partial charge on any atom is 0.0795 e. The second-order valence-electron chi connectivity index (χ2n) is 4.13. The lowest BCUT2D eigenvalue weighted by atomic mass is 10.2. The summed E-state index contributed by atoms with van der Waals surface area (Å²) in [5.74, 6) is 0. The molecule has 0 bridgehead atoms. The number of fused-ring (bicyclic) bond motifs is 1. The minimum absolute atomic E-state index is 0.530. The van der Waals surface area contributed by atoms with Crippen molar-refractivity contribution in [1.82, 2.24) is 9.55 Å². The van der Waals surface area contributed by atoms with E-state index < -0.39 is 0 Å². The Bertz CT molecular complexity index is 673. The average molecular weight is 278 g/mol. The van der Waals surface area contributed by atoms with Gasteiger partial charge in [0.1, 0.15) is 0 Å². The minimum atomic E-state index is 0.530. The number of hydrogen-bond donors (Lipinski definition) is 1. The molecule has 3 nitrogen and oxygen atoms in total. The average Bonchev–Trinajstić information content (AvgIpc) is 2.98. The molecule has 0 amide bonds. The SMILES string of the molecule is NCc1cn(Cc2cscn2)c2cc(Cl)ccc12. The summed E-state index contributed by atoms with van der Waals surface area (Å²) in [6.45, 7) is 1.28. The van der Waals surface area contributed by atoms with E-state index in [1.54, 1.807) is 11.3 Å². The first-order valence-electron chi connectivity index (χ1n) is 5.62. The molecule has 0 aliphatic rings. The molecule has 5 heteroatoms. The molecular weight excluding hydrogens is 266 g/mol. The van der Waals surface area contributed by atoms with Gasteiger partial charge in [0.25, 0.3) is 0 Å². The number of rotatable bonds is 3. The Balaban J connectivity index is 2.13. The molecule has 0 saturated heterocycles. The van der Waals surface area contributed by atoms with E-state index in [4.69, 9.17) is 17.3 Å². The fourth-order valence-electron chi connectivity index (χ4n) is 2.12. The molecule has 2 heterocycles. The van der Waals surface area contributed by atoms with Gasteiger partial charge in [0.15, 0.2) is 0 Å². The molecule has 92 valence electrons. The first-order valence-corrected chi connectivity index (χ1v) is 6.94. The van der Waals surface area contributed by atoms with Gasteiger partial charge in [-0.2, -0.15) is 0 Å². The number of thiazole rings is 1. The van der Waals surface area contributed by atoms with Crippen LogP contribution in [0.5, 0.6) is 0 Å². The number of halogens is 1. The fourth-order valence-corrected chi connectivity index (χ4v) is 2.84. The van der Waals surface area contributed by atoms with Gasteiger partial charge >= 0.3 is 0 Å². The lowest BCUT2D eigenvalue weighted by Crippen LogP contribution is -1.98. The Hall–Kier alpha value is -1.36. The second kappa shape index (κ2) is 4.72. The van der Waals surface area contributed by atoms with Crippen molar-refractivity contribution in [3.8, 4) is 0 Å². The number of hydrogen-bond acceptors (Lipinski definition) is 3. The van der Waals surface area contributed by atoms with Gasteiger partial charge in [0.2, 0.25) is 0 Å². The number of nitrogens with two attached hydrogens (primary N) is 1. The van der Waals surface area contributed by atoms with E-state index >= 15 is 0 Å². The Kier molecular flexibility index (Phi) is 3.07. The van der Waals surface area contributed by atoms with E-state index in [0.29, 0.717) is 6.54 Å². The van der Waals surface area contributed by atoms with Gasteiger partial charge < -0.3 is 10.3 Å². The summed E-state index contributed by atoms with van der Waals surface area (Å²) in [6, 6.07) is 5.90. The molecule has 0 unspecified atom stereocenters. The molecule has 0 radical (unpaired) electrons. The third-order valence-corrected chi connectivity index (χ3v) is 3.83. The summed E-state index contributed by atoms with van der Waals surface area (Å²) in [5.41, 5.74) is 10.9. The summed E-state index contributed by atoms with van der Waals surface area (Å²) >= 11 is 7.67. The van der Waals surface area contributed by atoms with E-state index in [1.807, 2.05) is 23.7 Å². The molecule has 3 aromatic rings. The highest BCUT2D eigenvalue weighted by molar-refractivity contribution is 7.07. The fraction of sp³-hybridized carbons (Fsp3) is 0.154. The molecule has 0 spiro atoms. The molecular formula is C13H12ClN3S. The van der Waals surface area contributed by atoms with Crippen molar-refractivity contribution in [3.63, 3.8) is 0 Å². The van der Waals surface area contributed by atoms with E-state index in [0.717, 1.165) is 33.7 Å². The van der Waals surface area contributed by atoms with Crippen LogP contribution in [0.25, 0.3) is 10.9 Å². The lowest BCUT2D eigenvalue weighted by Gasteiger charge is -2.02. The molecule has 0 aliphatic carbocycles. The van der Waals surface area contributed by atoms with Gasteiger partial charge in [-0.1, -0.05) is 17.7 Å². The van der Waals surface area contributed by atoms with Crippen molar-refractivity contribution in [2.75, 3.05) is 0 Å². The van der Waals surface area contributed by atoms with Gasteiger partial charge in [0.05, 0.1) is 23.3 Å². The number of aromatic nitrogens is 2. The quantitative estimate of drug-likeness (QED) is 0.799. The predicted molar refractivity (Wildman–Crippen MR) is 76.1 cm³/mol. The van der Waals surface area contributed by atoms with Crippen LogP contribution in [0.2, 0.25) is 5.02 Å². The molecule has 1 aromatic carbocycles. The summed E-state index contributed by atoms with van der Waals surface area (Å²) in [7, 11) is 0. The molecule has 0 aliphatic heterocycles. The molecule has 3 rings (SSSR count). The second-order valence-corrected chi connectivity index (χ2v) is 5.28. The van der Waals surface area contributed by atoms with Crippen LogP contribution >= 0.6 is 22.9 Å². The van der Waals surface area contributed by atoms with Crippen LogP contribution in [0.3, 0.4) is 0 Å². The molecule has 2 aromatic heterocycles. The highest BCUT2D eigenvalue weighted by Crippen LogP contribution is 2.25. The van der Waals surface area contributed by atoms with Crippen LogP contribution in [0, 0.1) is 0 Å². The monoisotopic (exact) mass is 277 g/mol. The van der Waals surface area contributed by atoms with E-state index in [2.05, 4.69) is 21.1 Å². The summed E-state index contributed by atoms with van der Waals surface area (Å²) in [6.07, 6.45) is 2.08. The maximum atomic E-state index is 6.07. The van der Waals surface area contributed by atoms with Gasteiger partial charge in [-0.3, -0.25) is 0 Å². The number of nitrogens with zero attached hydrogens (tertiary/aromatic N) is 2.